The lowest BCUT2D eigenvalue weighted by molar-refractivity contribution is 0.0694. The van der Waals surface area contributed by atoms with Crippen LogP contribution in [0.1, 0.15) is 41.6 Å². The Labute approximate surface area is 98.0 Å². The molecule has 0 aliphatic carbocycles. The first-order valence-electron chi connectivity index (χ1n) is 5.29. The van der Waals surface area contributed by atoms with Crippen molar-refractivity contribution in [3.8, 4) is 11.3 Å². The Kier molecular flexibility index (Phi) is 2.75. The standard InChI is InChI=1S/C12H13NO4/c1-6(2)11-9(12(14)15)10(13-17-11)8-4-5-16-7(8)3/h4-6H,1-3H3,(H,14,15). The fraction of sp³-hybridized carbons (Fsp3) is 0.333. The van der Waals surface area contributed by atoms with E-state index in [1.807, 2.05) is 13.8 Å². The van der Waals surface area contributed by atoms with Gasteiger partial charge < -0.3 is 14.0 Å². The lowest BCUT2D eigenvalue weighted by atomic mass is 10.0. The SMILES string of the molecule is Cc1occc1-c1noc(C(C)C)c1C(=O)O. The third-order valence-electron chi connectivity index (χ3n) is 2.57. The van der Waals surface area contributed by atoms with E-state index in [1.54, 1.807) is 13.0 Å². The van der Waals surface area contributed by atoms with Crippen LogP contribution in [-0.2, 0) is 0 Å². The second-order valence-corrected chi connectivity index (χ2v) is 4.12. The number of nitrogens with zero attached hydrogens (tertiary/aromatic N) is 1. The summed E-state index contributed by atoms with van der Waals surface area (Å²) < 4.78 is 10.3. The smallest absolute Gasteiger partial charge is 0.341 e. The van der Waals surface area contributed by atoms with Crippen molar-refractivity contribution in [2.75, 3.05) is 0 Å². The van der Waals surface area contributed by atoms with Gasteiger partial charge in [-0.15, -0.1) is 0 Å². The Bertz CT molecular complexity index is 551. The van der Waals surface area contributed by atoms with E-state index in [0.717, 1.165) is 0 Å². The lowest BCUT2D eigenvalue weighted by Crippen LogP contribution is -2.02. The van der Waals surface area contributed by atoms with Crippen molar-refractivity contribution in [3.63, 3.8) is 0 Å². The molecule has 2 aromatic heterocycles. The Morgan fingerprint density at radius 1 is 1.47 bits per heavy atom. The molecule has 0 fully saturated rings. The van der Waals surface area contributed by atoms with Crippen LogP contribution in [0.3, 0.4) is 0 Å². The molecule has 0 saturated heterocycles. The van der Waals surface area contributed by atoms with Crippen LogP contribution in [0.25, 0.3) is 11.3 Å². The second-order valence-electron chi connectivity index (χ2n) is 4.12. The summed E-state index contributed by atoms with van der Waals surface area (Å²) in [4.78, 5) is 11.3. The molecule has 2 heterocycles. The molecule has 0 amide bonds. The number of aryl methyl sites for hydroxylation is 1. The van der Waals surface area contributed by atoms with E-state index in [0.29, 0.717) is 22.8 Å². The Morgan fingerprint density at radius 2 is 2.18 bits per heavy atom. The first kappa shape index (κ1) is 11.4. The van der Waals surface area contributed by atoms with E-state index in [1.165, 1.54) is 6.26 Å². The summed E-state index contributed by atoms with van der Waals surface area (Å²) in [6.45, 7) is 5.47. The fourth-order valence-electron chi connectivity index (χ4n) is 1.72. The van der Waals surface area contributed by atoms with Gasteiger partial charge in [0.25, 0.3) is 0 Å². The van der Waals surface area contributed by atoms with Crippen molar-refractivity contribution < 1.29 is 18.8 Å². The van der Waals surface area contributed by atoms with E-state index >= 15 is 0 Å². The number of hydrogen-bond donors (Lipinski definition) is 1. The Hall–Kier alpha value is -2.04. The molecule has 17 heavy (non-hydrogen) atoms. The zero-order valence-corrected chi connectivity index (χ0v) is 9.85. The molecule has 0 aromatic carbocycles. The number of rotatable bonds is 3. The van der Waals surface area contributed by atoms with Crippen LogP contribution in [-0.4, -0.2) is 16.2 Å². The molecule has 0 aliphatic rings. The molecule has 0 aliphatic heterocycles. The van der Waals surface area contributed by atoms with Gasteiger partial charge in [-0.05, 0) is 13.0 Å². The first-order chi connectivity index (χ1) is 8.02. The van der Waals surface area contributed by atoms with E-state index in [-0.39, 0.29) is 11.5 Å². The predicted molar refractivity (Wildman–Crippen MR) is 60.0 cm³/mol. The number of aromatic carboxylic acids is 1. The zero-order valence-electron chi connectivity index (χ0n) is 9.85. The number of hydrogen-bond acceptors (Lipinski definition) is 4. The third-order valence-corrected chi connectivity index (χ3v) is 2.57. The summed E-state index contributed by atoms with van der Waals surface area (Å²) in [6, 6.07) is 1.68. The van der Waals surface area contributed by atoms with Crippen LogP contribution in [0.2, 0.25) is 0 Å². The van der Waals surface area contributed by atoms with Crippen LogP contribution in [0.5, 0.6) is 0 Å². The maximum Gasteiger partial charge on any atom is 0.341 e. The average Bonchev–Trinajstić information content (AvgIpc) is 2.82. The monoisotopic (exact) mass is 235 g/mol. The van der Waals surface area contributed by atoms with Crippen LogP contribution in [0, 0.1) is 6.92 Å². The molecule has 2 rings (SSSR count). The van der Waals surface area contributed by atoms with Crippen molar-refractivity contribution in [1.82, 2.24) is 5.16 Å². The van der Waals surface area contributed by atoms with Crippen LogP contribution >= 0.6 is 0 Å². The van der Waals surface area contributed by atoms with Crippen molar-refractivity contribution in [2.24, 2.45) is 0 Å². The Balaban J connectivity index is 2.64. The van der Waals surface area contributed by atoms with Gasteiger partial charge in [0.05, 0.1) is 6.26 Å². The van der Waals surface area contributed by atoms with Crippen molar-refractivity contribution >= 4 is 5.97 Å². The van der Waals surface area contributed by atoms with Gasteiger partial charge in [0.2, 0.25) is 0 Å². The van der Waals surface area contributed by atoms with E-state index in [4.69, 9.17) is 8.94 Å². The van der Waals surface area contributed by atoms with Gasteiger partial charge in [-0.2, -0.15) is 0 Å². The molecule has 5 nitrogen and oxygen atoms in total. The van der Waals surface area contributed by atoms with Gasteiger partial charge in [-0.3, -0.25) is 0 Å². The summed E-state index contributed by atoms with van der Waals surface area (Å²) in [5.74, 6) is -0.0655. The summed E-state index contributed by atoms with van der Waals surface area (Å²) >= 11 is 0. The number of aromatic nitrogens is 1. The molecule has 0 spiro atoms. The molecule has 1 N–H and O–H groups in total. The topological polar surface area (TPSA) is 76.5 Å². The number of furan rings is 1. The molecule has 2 aromatic rings. The van der Waals surface area contributed by atoms with Crippen LogP contribution < -0.4 is 0 Å². The highest BCUT2D eigenvalue weighted by atomic mass is 16.5. The third kappa shape index (κ3) is 1.84. The first-order valence-corrected chi connectivity index (χ1v) is 5.29. The summed E-state index contributed by atoms with van der Waals surface area (Å²) in [6.07, 6.45) is 1.50. The maximum absolute atomic E-state index is 11.3. The molecular weight excluding hydrogens is 222 g/mol. The van der Waals surface area contributed by atoms with Gasteiger partial charge >= 0.3 is 5.97 Å². The highest BCUT2D eigenvalue weighted by molar-refractivity contribution is 5.96. The zero-order chi connectivity index (χ0) is 12.6. The largest absolute Gasteiger partial charge is 0.477 e. The van der Waals surface area contributed by atoms with Gasteiger partial charge in [0.1, 0.15) is 17.0 Å². The summed E-state index contributed by atoms with van der Waals surface area (Å²) in [5, 5.41) is 13.1. The van der Waals surface area contributed by atoms with Gasteiger partial charge in [-0.25, -0.2) is 4.79 Å². The highest BCUT2D eigenvalue weighted by Gasteiger charge is 2.26. The van der Waals surface area contributed by atoms with Crippen molar-refractivity contribution in [2.45, 2.75) is 26.7 Å². The predicted octanol–water partition coefficient (Wildman–Crippen LogP) is 3.06. The van der Waals surface area contributed by atoms with Crippen molar-refractivity contribution in [3.05, 3.63) is 29.4 Å². The summed E-state index contributed by atoms with van der Waals surface area (Å²) in [5.41, 5.74) is 1.09. The second kappa shape index (κ2) is 4.08. The Morgan fingerprint density at radius 3 is 2.65 bits per heavy atom. The van der Waals surface area contributed by atoms with Crippen LogP contribution in [0.4, 0.5) is 0 Å². The quantitative estimate of drug-likeness (QED) is 0.884. The van der Waals surface area contributed by atoms with Gasteiger partial charge in [-0.1, -0.05) is 19.0 Å². The molecule has 0 saturated carbocycles. The van der Waals surface area contributed by atoms with E-state index in [9.17, 15) is 9.90 Å². The molecular formula is C12H13NO4. The highest BCUT2D eigenvalue weighted by Crippen LogP contribution is 2.31. The van der Waals surface area contributed by atoms with E-state index < -0.39 is 5.97 Å². The lowest BCUT2D eigenvalue weighted by Gasteiger charge is -2.00. The average molecular weight is 235 g/mol. The van der Waals surface area contributed by atoms with Gasteiger partial charge in [0.15, 0.2) is 5.76 Å². The van der Waals surface area contributed by atoms with Crippen molar-refractivity contribution in [1.29, 1.82) is 0 Å². The van der Waals surface area contributed by atoms with Gasteiger partial charge in [0, 0.05) is 11.5 Å². The molecule has 90 valence electrons. The minimum atomic E-state index is -1.04. The van der Waals surface area contributed by atoms with Crippen LogP contribution in [0.15, 0.2) is 21.3 Å². The maximum atomic E-state index is 11.3. The number of carboxylic acids is 1. The number of carbonyl (C=O) groups is 1. The van der Waals surface area contributed by atoms with E-state index in [2.05, 4.69) is 5.16 Å². The summed E-state index contributed by atoms with van der Waals surface area (Å²) in [7, 11) is 0. The molecule has 0 radical (unpaired) electrons. The molecule has 0 bridgehead atoms. The molecule has 0 atom stereocenters. The minimum Gasteiger partial charge on any atom is -0.477 e. The molecule has 5 heteroatoms. The minimum absolute atomic E-state index is 0.0328. The fourth-order valence-corrected chi connectivity index (χ4v) is 1.72. The normalized spacial score (nSPS) is 11.1. The number of carboxylic acid groups (broad SMARTS) is 1. The molecule has 0 unspecified atom stereocenters.